The van der Waals surface area contributed by atoms with Crippen molar-refractivity contribution in [1.82, 2.24) is 0 Å². The SMILES string of the molecule is Cc1ccc(NC(=O)CN2C(=O)C3CCCC3=Nc3ccccc32)cc1F. The molecule has 5 nitrogen and oxygen atoms in total. The molecular formula is C21H20FN3O2. The topological polar surface area (TPSA) is 61.8 Å². The van der Waals surface area contributed by atoms with Crippen molar-refractivity contribution < 1.29 is 14.0 Å². The first-order chi connectivity index (χ1) is 13.0. The van der Waals surface area contributed by atoms with Crippen LogP contribution < -0.4 is 10.2 Å². The zero-order chi connectivity index (χ0) is 19.0. The molecule has 0 bridgehead atoms. The van der Waals surface area contributed by atoms with Crippen molar-refractivity contribution >= 4 is 34.6 Å². The minimum atomic E-state index is -0.381. The first-order valence-electron chi connectivity index (χ1n) is 9.07. The number of carbonyl (C=O) groups is 2. The largest absolute Gasteiger partial charge is 0.324 e. The monoisotopic (exact) mass is 365 g/mol. The van der Waals surface area contributed by atoms with E-state index >= 15 is 0 Å². The van der Waals surface area contributed by atoms with Gasteiger partial charge < -0.3 is 10.2 Å². The molecule has 1 aliphatic heterocycles. The van der Waals surface area contributed by atoms with Crippen molar-refractivity contribution in [3.63, 3.8) is 0 Å². The Morgan fingerprint density at radius 2 is 2.11 bits per heavy atom. The minimum Gasteiger partial charge on any atom is -0.324 e. The van der Waals surface area contributed by atoms with E-state index in [-0.39, 0.29) is 30.1 Å². The third-order valence-corrected chi connectivity index (χ3v) is 5.09. The minimum absolute atomic E-state index is 0.0959. The number of amides is 2. The van der Waals surface area contributed by atoms with Gasteiger partial charge in [-0.05, 0) is 56.0 Å². The fourth-order valence-electron chi connectivity index (χ4n) is 3.65. The van der Waals surface area contributed by atoms with Crippen molar-refractivity contribution in [2.45, 2.75) is 26.2 Å². The zero-order valence-corrected chi connectivity index (χ0v) is 15.0. The fraction of sp³-hybridized carbons (Fsp3) is 0.286. The molecule has 2 aliphatic rings. The quantitative estimate of drug-likeness (QED) is 0.894. The van der Waals surface area contributed by atoms with Gasteiger partial charge in [-0.1, -0.05) is 18.2 Å². The van der Waals surface area contributed by atoms with Gasteiger partial charge in [0.1, 0.15) is 12.4 Å². The maximum Gasteiger partial charge on any atom is 0.244 e. The predicted octanol–water partition coefficient (Wildman–Crippen LogP) is 3.99. The summed E-state index contributed by atoms with van der Waals surface area (Å²) < 4.78 is 13.7. The number of aliphatic imine (C=N–C) groups is 1. The Labute approximate surface area is 156 Å². The highest BCUT2D eigenvalue weighted by Crippen LogP contribution is 2.37. The average molecular weight is 365 g/mol. The van der Waals surface area contributed by atoms with Crippen LogP contribution in [0, 0.1) is 18.7 Å². The molecule has 0 spiro atoms. The van der Waals surface area contributed by atoms with E-state index < -0.39 is 0 Å². The lowest BCUT2D eigenvalue weighted by atomic mass is 10.1. The van der Waals surface area contributed by atoms with Gasteiger partial charge in [0.15, 0.2) is 0 Å². The van der Waals surface area contributed by atoms with Gasteiger partial charge in [-0.15, -0.1) is 0 Å². The predicted molar refractivity (Wildman–Crippen MR) is 103 cm³/mol. The molecule has 1 saturated carbocycles. The number of para-hydroxylation sites is 2. The van der Waals surface area contributed by atoms with E-state index in [0.29, 0.717) is 22.6 Å². The van der Waals surface area contributed by atoms with E-state index in [1.807, 2.05) is 18.2 Å². The maximum absolute atomic E-state index is 13.7. The van der Waals surface area contributed by atoms with Crippen molar-refractivity contribution in [3.8, 4) is 0 Å². The van der Waals surface area contributed by atoms with Crippen LogP contribution >= 0.6 is 0 Å². The first-order valence-corrected chi connectivity index (χ1v) is 9.07. The summed E-state index contributed by atoms with van der Waals surface area (Å²) in [5.74, 6) is -1.11. The molecule has 1 unspecified atom stereocenters. The first kappa shape index (κ1) is 17.4. The smallest absolute Gasteiger partial charge is 0.244 e. The maximum atomic E-state index is 13.7. The number of benzene rings is 2. The number of aryl methyl sites for hydroxylation is 1. The Balaban J connectivity index is 1.59. The molecule has 0 radical (unpaired) electrons. The molecule has 1 heterocycles. The van der Waals surface area contributed by atoms with Crippen LogP contribution in [-0.4, -0.2) is 24.1 Å². The van der Waals surface area contributed by atoms with Gasteiger partial charge >= 0.3 is 0 Å². The highest BCUT2D eigenvalue weighted by molar-refractivity contribution is 6.16. The summed E-state index contributed by atoms with van der Waals surface area (Å²) in [7, 11) is 0. The summed E-state index contributed by atoms with van der Waals surface area (Å²) in [4.78, 5) is 31.8. The van der Waals surface area contributed by atoms with Crippen LogP contribution in [0.2, 0.25) is 0 Å². The van der Waals surface area contributed by atoms with Crippen molar-refractivity contribution in [3.05, 3.63) is 53.8 Å². The number of hydrogen-bond donors (Lipinski definition) is 1. The molecule has 1 fully saturated rings. The lowest BCUT2D eigenvalue weighted by Crippen LogP contribution is -2.41. The van der Waals surface area contributed by atoms with Gasteiger partial charge in [0.2, 0.25) is 11.8 Å². The van der Waals surface area contributed by atoms with Gasteiger partial charge in [-0.2, -0.15) is 0 Å². The molecular weight excluding hydrogens is 345 g/mol. The number of nitrogens with one attached hydrogen (secondary N) is 1. The highest BCUT2D eigenvalue weighted by Gasteiger charge is 2.37. The number of carbonyl (C=O) groups excluding carboxylic acids is 2. The summed E-state index contributed by atoms with van der Waals surface area (Å²) >= 11 is 0. The van der Waals surface area contributed by atoms with Crippen LogP contribution in [-0.2, 0) is 9.59 Å². The third-order valence-electron chi connectivity index (χ3n) is 5.09. The number of rotatable bonds is 3. The second-order valence-electron chi connectivity index (χ2n) is 6.97. The Kier molecular flexibility index (Phi) is 4.48. The van der Waals surface area contributed by atoms with Crippen LogP contribution in [0.5, 0.6) is 0 Å². The van der Waals surface area contributed by atoms with Crippen LogP contribution in [0.3, 0.4) is 0 Å². The van der Waals surface area contributed by atoms with E-state index in [4.69, 9.17) is 0 Å². The standard InChI is InChI=1S/C21H20FN3O2/c1-13-9-10-14(11-16(13)22)23-20(26)12-25-19-8-3-2-6-18(19)24-17-7-4-5-15(17)21(25)27/h2-3,6,8-11,15H,4-5,7,12H2,1H3,(H,23,26). The van der Waals surface area contributed by atoms with Crippen molar-refractivity contribution in [2.75, 3.05) is 16.8 Å². The molecule has 0 saturated heterocycles. The third kappa shape index (κ3) is 3.35. The summed E-state index contributed by atoms with van der Waals surface area (Å²) in [5.41, 5.74) is 3.12. The van der Waals surface area contributed by atoms with Gasteiger partial charge in [0.05, 0.1) is 17.3 Å². The second kappa shape index (κ2) is 6.95. The molecule has 2 aromatic rings. The molecule has 4 rings (SSSR count). The van der Waals surface area contributed by atoms with Crippen LogP contribution in [0.25, 0.3) is 0 Å². The molecule has 6 heteroatoms. The molecule has 2 amide bonds. The molecule has 0 aromatic heterocycles. The Morgan fingerprint density at radius 3 is 2.93 bits per heavy atom. The summed E-state index contributed by atoms with van der Waals surface area (Å²) in [6.07, 6.45) is 2.50. The van der Waals surface area contributed by atoms with Gasteiger partial charge in [0, 0.05) is 11.4 Å². The zero-order valence-electron chi connectivity index (χ0n) is 15.0. The van der Waals surface area contributed by atoms with Crippen LogP contribution in [0.1, 0.15) is 24.8 Å². The molecule has 1 atom stereocenters. The Morgan fingerprint density at radius 1 is 1.30 bits per heavy atom. The van der Waals surface area contributed by atoms with Crippen molar-refractivity contribution in [1.29, 1.82) is 0 Å². The number of halogens is 1. The molecule has 1 N–H and O–H groups in total. The molecule has 2 aromatic carbocycles. The van der Waals surface area contributed by atoms with E-state index in [1.54, 1.807) is 25.1 Å². The lowest BCUT2D eigenvalue weighted by molar-refractivity contribution is -0.122. The van der Waals surface area contributed by atoms with Crippen LogP contribution in [0.4, 0.5) is 21.5 Å². The summed E-state index contributed by atoms with van der Waals surface area (Å²) in [5, 5.41) is 2.68. The van der Waals surface area contributed by atoms with Crippen LogP contribution in [0.15, 0.2) is 47.5 Å². The number of fused-ring (bicyclic) bond motifs is 2. The average Bonchev–Trinajstić information content (AvgIpc) is 3.07. The number of hydrogen-bond acceptors (Lipinski definition) is 3. The van der Waals surface area contributed by atoms with Crippen molar-refractivity contribution in [2.24, 2.45) is 10.9 Å². The van der Waals surface area contributed by atoms with E-state index in [9.17, 15) is 14.0 Å². The normalized spacial score (nSPS) is 18.4. The van der Waals surface area contributed by atoms with Gasteiger partial charge in [-0.3, -0.25) is 14.6 Å². The molecule has 138 valence electrons. The Hall–Kier alpha value is -3.02. The Bertz CT molecular complexity index is 954. The van der Waals surface area contributed by atoms with E-state index in [2.05, 4.69) is 10.3 Å². The number of anilines is 2. The molecule has 1 aliphatic carbocycles. The summed E-state index contributed by atoms with van der Waals surface area (Å²) in [6, 6.07) is 11.9. The second-order valence-corrected chi connectivity index (χ2v) is 6.97. The summed E-state index contributed by atoms with van der Waals surface area (Å²) in [6.45, 7) is 1.53. The van der Waals surface area contributed by atoms with Gasteiger partial charge in [0.25, 0.3) is 0 Å². The number of nitrogens with zero attached hydrogens (tertiary/aromatic N) is 2. The van der Waals surface area contributed by atoms with E-state index in [0.717, 1.165) is 25.0 Å². The van der Waals surface area contributed by atoms with Gasteiger partial charge in [-0.25, -0.2) is 4.39 Å². The molecule has 27 heavy (non-hydrogen) atoms. The lowest BCUT2D eigenvalue weighted by Gasteiger charge is -2.24. The fourth-order valence-corrected chi connectivity index (χ4v) is 3.65. The highest BCUT2D eigenvalue weighted by atomic mass is 19.1. The van der Waals surface area contributed by atoms with E-state index in [1.165, 1.54) is 11.0 Å².